The average Bonchev–Trinajstić information content (AvgIpc) is 3.05. The zero-order valence-electron chi connectivity index (χ0n) is 15.1. The van der Waals surface area contributed by atoms with Crippen molar-refractivity contribution in [2.75, 3.05) is 0 Å². The van der Waals surface area contributed by atoms with Crippen LogP contribution in [0.4, 0.5) is 0 Å². The van der Waals surface area contributed by atoms with Gasteiger partial charge in [0.15, 0.2) is 4.80 Å². The maximum atomic E-state index is 13.0. The fraction of sp³-hybridized carbons (Fsp3) is 0.0909. The molecule has 0 aliphatic heterocycles. The van der Waals surface area contributed by atoms with Crippen LogP contribution in [-0.2, 0) is 6.54 Å². The van der Waals surface area contributed by atoms with Crippen molar-refractivity contribution >= 4 is 39.1 Å². The van der Waals surface area contributed by atoms with Crippen LogP contribution >= 0.6 is 22.9 Å². The van der Waals surface area contributed by atoms with E-state index in [1.165, 1.54) is 11.3 Å². The predicted molar refractivity (Wildman–Crippen MR) is 113 cm³/mol. The van der Waals surface area contributed by atoms with Gasteiger partial charge in [0.1, 0.15) is 11.5 Å². The van der Waals surface area contributed by atoms with Crippen molar-refractivity contribution in [2.45, 2.75) is 13.5 Å². The Morgan fingerprint density at radius 1 is 1.07 bits per heavy atom. The molecule has 0 fully saturated rings. The minimum atomic E-state index is -0.341. The van der Waals surface area contributed by atoms with Crippen LogP contribution in [0.5, 0.6) is 11.5 Å². The van der Waals surface area contributed by atoms with E-state index in [-0.39, 0.29) is 5.91 Å². The number of para-hydroxylation sites is 2. The van der Waals surface area contributed by atoms with Crippen molar-refractivity contribution in [3.63, 3.8) is 0 Å². The summed E-state index contributed by atoms with van der Waals surface area (Å²) in [6.45, 7) is 2.73. The highest BCUT2D eigenvalue weighted by Gasteiger charge is 2.14. The quantitative estimate of drug-likeness (QED) is 0.421. The minimum absolute atomic E-state index is 0.341. The Morgan fingerprint density at radius 2 is 1.82 bits per heavy atom. The second kappa shape index (κ2) is 8.00. The number of carbonyl (C=O) groups is 1. The molecule has 0 N–H and O–H groups in total. The van der Waals surface area contributed by atoms with E-state index in [0.29, 0.717) is 33.4 Å². The average molecular weight is 409 g/mol. The Balaban J connectivity index is 1.76. The van der Waals surface area contributed by atoms with E-state index in [1.54, 1.807) is 18.2 Å². The smallest absolute Gasteiger partial charge is 0.283 e. The van der Waals surface area contributed by atoms with Crippen LogP contribution in [0.15, 0.2) is 77.8 Å². The monoisotopic (exact) mass is 408 g/mol. The maximum Gasteiger partial charge on any atom is 0.283 e. The Hall–Kier alpha value is -2.89. The summed E-state index contributed by atoms with van der Waals surface area (Å²) in [4.78, 5) is 18.0. The van der Waals surface area contributed by atoms with Gasteiger partial charge in [0, 0.05) is 11.6 Å². The first-order chi connectivity index (χ1) is 13.7. The Bertz CT molecular complexity index is 1210. The maximum absolute atomic E-state index is 13.0. The molecule has 0 saturated carbocycles. The van der Waals surface area contributed by atoms with Crippen molar-refractivity contribution in [1.82, 2.24) is 4.57 Å². The molecular weight excluding hydrogens is 392 g/mol. The van der Waals surface area contributed by atoms with Crippen molar-refractivity contribution in [1.29, 1.82) is 0 Å². The molecule has 0 aliphatic rings. The van der Waals surface area contributed by atoms with Crippen molar-refractivity contribution in [3.05, 3.63) is 88.2 Å². The molecule has 0 saturated heterocycles. The van der Waals surface area contributed by atoms with E-state index in [1.807, 2.05) is 66.1 Å². The number of ether oxygens (including phenoxy) is 1. The molecule has 0 radical (unpaired) electrons. The number of thiazole rings is 1. The molecule has 0 unspecified atom stereocenters. The van der Waals surface area contributed by atoms with Crippen molar-refractivity contribution < 1.29 is 9.53 Å². The third kappa shape index (κ3) is 3.72. The summed E-state index contributed by atoms with van der Waals surface area (Å²) in [6.07, 6.45) is 0. The van der Waals surface area contributed by atoms with Gasteiger partial charge in [0.05, 0.1) is 15.8 Å². The normalized spacial score (nSPS) is 11.7. The number of aryl methyl sites for hydroxylation is 1. The number of aromatic nitrogens is 1. The molecule has 4 nitrogen and oxygen atoms in total. The predicted octanol–water partition coefficient (Wildman–Crippen LogP) is 5.91. The molecule has 1 aromatic heterocycles. The number of fused-ring (bicyclic) bond motifs is 1. The van der Waals surface area contributed by atoms with E-state index < -0.39 is 0 Å². The fourth-order valence-corrected chi connectivity index (χ4v) is 4.30. The van der Waals surface area contributed by atoms with Crippen LogP contribution in [0.3, 0.4) is 0 Å². The summed E-state index contributed by atoms with van der Waals surface area (Å²) >= 11 is 7.55. The molecular formula is C22H17ClN2O2S. The lowest BCUT2D eigenvalue weighted by Crippen LogP contribution is -2.16. The number of amides is 1. The molecule has 1 heterocycles. The third-order valence-electron chi connectivity index (χ3n) is 4.25. The van der Waals surface area contributed by atoms with Gasteiger partial charge in [-0.1, -0.05) is 53.3 Å². The first kappa shape index (κ1) is 18.5. The largest absolute Gasteiger partial charge is 0.457 e. The SMILES string of the molecule is CCn1c(=NC(=O)c2ccccc2Oc2ccccc2)sc2cc(Cl)ccc21. The highest BCUT2D eigenvalue weighted by molar-refractivity contribution is 7.16. The molecule has 0 spiro atoms. The van der Waals surface area contributed by atoms with Crippen LogP contribution in [0.2, 0.25) is 5.02 Å². The lowest BCUT2D eigenvalue weighted by atomic mass is 10.2. The van der Waals surface area contributed by atoms with E-state index >= 15 is 0 Å². The summed E-state index contributed by atoms with van der Waals surface area (Å²) in [5.74, 6) is 0.809. The minimum Gasteiger partial charge on any atom is -0.457 e. The van der Waals surface area contributed by atoms with E-state index in [9.17, 15) is 4.79 Å². The summed E-state index contributed by atoms with van der Waals surface area (Å²) in [6, 6.07) is 22.2. The Kier molecular flexibility index (Phi) is 5.28. The van der Waals surface area contributed by atoms with Gasteiger partial charge in [-0.3, -0.25) is 4.79 Å². The first-order valence-electron chi connectivity index (χ1n) is 8.85. The number of benzene rings is 3. The zero-order chi connectivity index (χ0) is 19.5. The lowest BCUT2D eigenvalue weighted by molar-refractivity contribution is 0.0995. The highest BCUT2D eigenvalue weighted by Crippen LogP contribution is 2.26. The molecule has 4 rings (SSSR count). The number of hydrogen-bond donors (Lipinski definition) is 0. The Labute approximate surface area is 171 Å². The Morgan fingerprint density at radius 3 is 2.61 bits per heavy atom. The molecule has 1 amide bonds. The van der Waals surface area contributed by atoms with Crippen molar-refractivity contribution in [3.8, 4) is 11.5 Å². The number of rotatable bonds is 4. The van der Waals surface area contributed by atoms with Gasteiger partial charge in [0.2, 0.25) is 0 Å². The van der Waals surface area contributed by atoms with Gasteiger partial charge >= 0.3 is 0 Å². The molecule has 0 atom stereocenters. The lowest BCUT2D eigenvalue weighted by Gasteiger charge is -2.08. The van der Waals surface area contributed by atoms with E-state index in [2.05, 4.69) is 4.99 Å². The van der Waals surface area contributed by atoms with Gasteiger partial charge in [-0.2, -0.15) is 4.99 Å². The summed E-state index contributed by atoms with van der Waals surface area (Å²) in [7, 11) is 0. The fourth-order valence-electron chi connectivity index (χ4n) is 2.93. The first-order valence-corrected chi connectivity index (χ1v) is 10.0. The van der Waals surface area contributed by atoms with Gasteiger partial charge in [-0.05, 0) is 49.4 Å². The molecule has 28 heavy (non-hydrogen) atoms. The zero-order valence-corrected chi connectivity index (χ0v) is 16.7. The molecule has 0 bridgehead atoms. The number of hydrogen-bond acceptors (Lipinski definition) is 3. The third-order valence-corrected chi connectivity index (χ3v) is 5.52. The van der Waals surface area contributed by atoms with E-state index in [0.717, 1.165) is 10.2 Å². The van der Waals surface area contributed by atoms with Crippen molar-refractivity contribution in [2.24, 2.45) is 4.99 Å². The van der Waals surface area contributed by atoms with Gasteiger partial charge in [0.25, 0.3) is 5.91 Å². The molecule has 3 aromatic carbocycles. The number of carbonyl (C=O) groups excluding carboxylic acids is 1. The second-order valence-corrected chi connectivity index (χ2v) is 7.51. The standard InChI is InChI=1S/C22H17ClN2O2S/c1-2-25-18-13-12-15(23)14-20(18)28-22(25)24-21(26)17-10-6-7-11-19(17)27-16-8-4-3-5-9-16/h3-14H,2H2,1H3. The molecule has 4 aromatic rings. The van der Waals surface area contributed by atoms with Gasteiger partial charge in [-0.25, -0.2) is 0 Å². The summed E-state index contributed by atoms with van der Waals surface area (Å²) in [5.41, 5.74) is 1.43. The topological polar surface area (TPSA) is 43.6 Å². The highest BCUT2D eigenvalue weighted by atomic mass is 35.5. The van der Waals surface area contributed by atoms with Crippen LogP contribution < -0.4 is 9.54 Å². The number of halogens is 1. The van der Waals surface area contributed by atoms with Gasteiger partial charge in [-0.15, -0.1) is 0 Å². The van der Waals surface area contributed by atoms with Crippen LogP contribution in [0, 0.1) is 0 Å². The van der Waals surface area contributed by atoms with Crippen LogP contribution in [0.1, 0.15) is 17.3 Å². The molecule has 6 heteroatoms. The molecule has 140 valence electrons. The van der Waals surface area contributed by atoms with Crippen LogP contribution in [-0.4, -0.2) is 10.5 Å². The summed E-state index contributed by atoms with van der Waals surface area (Å²) < 4.78 is 8.90. The molecule has 0 aliphatic carbocycles. The number of nitrogens with zero attached hydrogens (tertiary/aromatic N) is 2. The second-order valence-electron chi connectivity index (χ2n) is 6.07. The van der Waals surface area contributed by atoms with E-state index in [4.69, 9.17) is 16.3 Å². The summed E-state index contributed by atoms with van der Waals surface area (Å²) in [5, 5.41) is 0.663. The van der Waals surface area contributed by atoms with Crippen LogP contribution in [0.25, 0.3) is 10.2 Å². The van der Waals surface area contributed by atoms with Gasteiger partial charge < -0.3 is 9.30 Å².